The number of amides is 1. The quantitative estimate of drug-likeness (QED) is 0.870. The minimum absolute atomic E-state index is 0.0554. The van der Waals surface area contributed by atoms with Gasteiger partial charge in [0.1, 0.15) is 13.2 Å². The molecule has 0 spiro atoms. The Morgan fingerprint density at radius 3 is 2.71 bits per heavy atom. The third kappa shape index (κ3) is 3.13. The van der Waals surface area contributed by atoms with Crippen LogP contribution in [0.4, 0.5) is 0 Å². The summed E-state index contributed by atoms with van der Waals surface area (Å²) in [5, 5.41) is 6.59. The molecule has 0 aromatic heterocycles. The zero-order valence-electron chi connectivity index (χ0n) is 12.5. The number of carbonyl (C=O) groups is 1. The summed E-state index contributed by atoms with van der Waals surface area (Å²) in [6, 6.07) is 6.31. The molecule has 1 saturated heterocycles. The van der Waals surface area contributed by atoms with Crippen LogP contribution in [0, 0.1) is 0 Å². The number of benzene rings is 1. The fraction of sp³-hybridized carbons (Fsp3) is 0.562. The molecule has 0 radical (unpaired) electrons. The molecule has 2 aliphatic heterocycles. The summed E-state index contributed by atoms with van der Waals surface area (Å²) in [6.07, 6.45) is 2.09. The molecule has 1 aromatic rings. The minimum Gasteiger partial charge on any atom is -0.486 e. The normalized spacial score (nSPS) is 28.0. The smallest absolute Gasteiger partial charge is 0.251 e. The van der Waals surface area contributed by atoms with E-state index in [9.17, 15) is 4.79 Å². The molecule has 2 N–H and O–H groups in total. The molecule has 3 rings (SSSR count). The largest absolute Gasteiger partial charge is 0.486 e. The third-order valence-corrected chi connectivity index (χ3v) is 4.18. The summed E-state index contributed by atoms with van der Waals surface area (Å²) in [7, 11) is 0. The van der Waals surface area contributed by atoms with Crippen LogP contribution in [0.1, 0.15) is 37.0 Å². The molecule has 5 heteroatoms. The van der Waals surface area contributed by atoms with Crippen molar-refractivity contribution in [3.63, 3.8) is 0 Å². The number of fused-ring (bicyclic) bond motifs is 1. The average Bonchev–Trinajstić information content (AvgIpc) is 2.49. The molecule has 0 saturated carbocycles. The summed E-state index contributed by atoms with van der Waals surface area (Å²) in [5.74, 6) is 1.30. The van der Waals surface area contributed by atoms with Gasteiger partial charge < -0.3 is 20.1 Å². The lowest BCUT2D eigenvalue weighted by Gasteiger charge is -2.34. The van der Waals surface area contributed by atoms with Gasteiger partial charge in [0.05, 0.1) is 0 Å². The molecule has 114 valence electrons. The van der Waals surface area contributed by atoms with Gasteiger partial charge in [-0.2, -0.15) is 0 Å². The van der Waals surface area contributed by atoms with Crippen LogP contribution in [0.15, 0.2) is 18.2 Å². The van der Waals surface area contributed by atoms with Crippen molar-refractivity contribution in [1.29, 1.82) is 0 Å². The Balaban J connectivity index is 1.68. The number of rotatable bonds is 2. The maximum Gasteiger partial charge on any atom is 0.251 e. The minimum atomic E-state index is -0.0554. The van der Waals surface area contributed by atoms with Crippen molar-refractivity contribution in [2.45, 2.75) is 44.8 Å². The molecule has 5 nitrogen and oxygen atoms in total. The summed E-state index contributed by atoms with van der Waals surface area (Å²) in [5.41, 5.74) is 0.616. The van der Waals surface area contributed by atoms with Crippen LogP contribution < -0.4 is 20.1 Å². The summed E-state index contributed by atoms with van der Waals surface area (Å²) < 4.78 is 11.0. The van der Waals surface area contributed by atoms with Crippen molar-refractivity contribution >= 4 is 5.91 Å². The number of hydrogen-bond donors (Lipinski definition) is 2. The first-order valence-corrected chi connectivity index (χ1v) is 7.60. The first-order valence-electron chi connectivity index (χ1n) is 7.60. The lowest BCUT2D eigenvalue weighted by molar-refractivity contribution is 0.0913. The number of piperidine rings is 1. The molecule has 1 aromatic carbocycles. The van der Waals surface area contributed by atoms with E-state index in [2.05, 4.69) is 24.5 Å². The molecule has 1 amide bonds. The summed E-state index contributed by atoms with van der Waals surface area (Å²) >= 11 is 0. The van der Waals surface area contributed by atoms with E-state index in [0.29, 0.717) is 36.3 Å². The Hall–Kier alpha value is -1.75. The second kappa shape index (κ2) is 5.93. The molecule has 2 heterocycles. The average molecular weight is 290 g/mol. The van der Waals surface area contributed by atoms with E-state index >= 15 is 0 Å². The molecule has 1 fully saturated rings. The van der Waals surface area contributed by atoms with Crippen molar-refractivity contribution in [2.75, 3.05) is 13.2 Å². The van der Waals surface area contributed by atoms with Crippen LogP contribution >= 0.6 is 0 Å². The molecule has 3 atom stereocenters. The van der Waals surface area contributed by atoms with Crippen LogP contribution in [0.25, 0.3) is 0 Å². The maximum atomic E-state index is 12.4. The highest BCUT2D eigenvalue weighted by atomic mass is 16.6. The van der Waals surface area contributed by atoms with Gasteiger partial charge in [0.15, 0.2) is 11.5 Å². The number of hydrogen-bond acceptors (Lipinski definition) is 4. The maximum absolute atomic E-state index is 12.4. The molecule has 3 unspecified atom stereocenters. The van der Waals surface area contributed by atoms with Crippen molar-refractivity contribution in [2.24, 2.45) is 0 Å². The van der Waals surface area contributed by atoms with Gasteiger partial charge in [-0.15, -0.1) is 0 Å². The van der Waals surface area contributed by atoms with Gasteiger partial charge in [-0.1, -0.05) is 0 Å². The molecular formula is C16H22N2O3. The van der Waals surface area contributed by atoms with Gasteiger partial charge in [0, 0.05) is 23.7 Å². The van der Waals surface area contributed by atoms with E-state index in [1.54, 1.807) is 18.2 Å². The molecule has 0 bridgehead atoms. The molecular weight excluding hydrogens is 268 g/mol. The van der Waals surface area contributed by atoms with Gasteiger partial charge in [-0.05, 0) is 44.9 Å². The first-order chi connectivity index (χ1) is 10.1. The van der Waals surface area contributed by atoms with E-state index in [4.69, 9.17) is 9.47 Å². The lowest BCUT2D eigenvalue weighted by Crippen LogP contribution is -2.54. The van der Waals surface area contributed by atoms with Gasteiger partial charge >= 0.3 is 0 Å². The van der Waals surface area contributed by atoms with E-state index in [1.807, 2.05) is 0 Å². The van der Waals surface area contributed by atoms with Crippen LogP contribution in [-0.2, 0) is 0 Å². The monoisotopic (exact) mass is 290 g/mol. The van der Waals surface area contributed by atoms with Crippen LogP contribution in [0.3, 0.4) is 0 Å². The third-order valence-electron chi connectivity index (χ3n) is 4.18. The van der Waals surface area contributed by atoms with Crippen molar-refractivity contribution in [1.82, 2.24) is 10.6 Å². The highest BCUT2D eigenvalue weighted by Gasteiger charge is 2.26. The van der Waals surface area contributed by atoms with Crippen molar-refractivity contribution < 1.29 is 14.3 Å². The predicted octanol–water partition coefficient (Wildman–Crippen LogP) is 1.72. The van der Waals surface area contributed by atoms with Gasteiger partial charge in [-0.25, -0.2) is 0 Å². The van der Waals surface area contributed by atoms with Crippen LogP contribution in [0.5, 0.6) is 11.5 Å². The molecule has 0 aliphatic carbocycles. The fourth-order valence-corrected chi connectivity index (χ4v) is 2.96. The Morgan fingerprint density at radius 1 is 1.19 bits per heavy atom. The Labute approximate surface area is 125 Å². The highest BCUT2D eigenvalue weighted by Crippen LogP contribution is 2.30. The van der Waals surface area contributed by atoms with Crippen molar-refractivity contribution in [3.8, 4) is 11.5 Å². The fourth-order valence-electron chi connectivity index (χ4n) is 2.96. The van der Waals surface area contributed by atoms with E-state index < -0.39 is 0 Å². The number of carbonyl (C=O) groups excluding carboxylic acids is 1. The van der Waals surface area contributed by atoms with E-state index in [0.717, 1.165) is 12.8 Å². The van der Waals surface area contributed by atoms with Crippen LogP contribution in [0.2, 0.25) is 0 Å². The topological polar surface area (TPSA) is 59.6 Å². The van der Waals surface area contributed by atoms with E-state index in [-0.39, 0.29) is 18.0 Å². The zero-order chi connectivity index (χ0) is 14.8. The summed E-state index contributed by atoms with van der Waals surface area (Å²) in [6.45, 7) is 5.38. The van der Waals surface area contributed by atoms with Crippen molar-refractivity contribution in [3.05, 3.63) is 23.8 Å². The number of nitrogens with one attached hydrogen (secondary N) is 2. The van der Waals surface area contributed by atoms with Gasteiger partial charge in [-0.3, -0.25) is 4.79 Å². The van der Waals surface area contributed by atoms with Gasteiger partial charge in [0.25, 0.3) is 5.91 Å². The predicted molar refractivity (Wildman–Crippen MR) is 80.0 cm³/mol. The summed E-state index contributed by atoms with van der Waals surface area (Å²) in [4.78, 5) is 12.4. The van der Waals surface area contributed by atoms with E-state index in [1.165, 1.54) is 0 Å². The second-order valence-electron chi connectivity index (χ2n) is 5.87. The SMILES string of the molecule is CC1CCC(NC(=O)c2ccc3c(c2)OCCO3)C(C)N1. The van der Waals surface area contributed by atoms with Gasteiger partial charge in [0.2, 0.25) is 0 Å². The van der Waals surface area contributed by atoms with Crippen LogP contribution in [-0.4, -0.2) is 37.2 Å². The molecule has 2 aliphatic rings. The standard InChI is InChI=1S/C16H22N2O3/c1-10-3-5-13(11(2)17-10)18-16(19)12-4-6-14-15(9-12)21-8-7-20-14/h4,6,9-11,13,17H,3,5,7-8H2,1-2H3,(H,18,19). The Kier molecular flexibility index (Phi) is 4.01. The highest BCUT2D eigenvalue weighted by molar-refractivity contribution is 5.95. The Morgan fingerprint density at radius 2 is 1.95 bits per heavy atom. The second-order valence-corrected chi connectivity index (χ2v) is 5.87. The lowest BCUT2D eigenvalue weighted by atomic mass is 9.95. The Bertz CT molecular complexity index is 532. The first kappa shape index (κ1) is 14.2. The zero-order valence-corrected chi connectivity index (χ0v) is 12.5. The number of ether oxygens (including phenoxy) is 2. The molecule has 21 heavy (non-hydrogen) atoms.